The van der Waals surface area contributed by atoms with E-state index in [4.69, 9.17) is 27.9 Å². The predicted molar refractivity (Wildman–Crippen MR) is 116 cm³/mol. The number of hydrogen-bond acceptors (Lipinski definition) is 3. The molecule has 1 N–H and O–H groups in total. The summed E-state index contributed by atoms with van der Waals surface area (Å²) in [6.07, 6.45) is 5.98. The van der Waals surface area contributed by atoms with Gasteiger partial charge in [-0.15, -0.1) is 23.2 Å². The number of nitrogens with zero attached hydrogens (tertiary/aromatic N) is 1. The van der Waals surface area contributed by atoms with Gasteiger partial charge in [-0.3, -0.25) is 0 Å². The molecule has 1 amide bonds. The number of hydrogen-bond donors (Lipinski definition) is 1. The van der Waals surface area contributed by atoms with Crippen LogP contribution in [0.2, 0.25) is 0 Å². The van der Waals surface area contributed by atoms with Crippen molar-refractivity contribution < 1.29 is 14.6 Å². The smallest absolute Gasteiger partial charge is 0.410 e. The highest BCUT2D eigenvalue weighted by molar-refractivity contribution is 6.18. The Morgan fingerprint density at radius 2 is 1.97 bits per heavy atom. The number of aryl methyl sites for hydroxylation is 1. The highest BCUT2D eigenvalue weighted by Gasteiger charge is 2.54. The second kappa shape index (κ2) is 8.64. The fourth-order valence-electron chi connectivity index (χ4n) is 6.26. The van der Waals surface area contributed by atoms with E-state index < -0.39 is 6.09 Å². The number of ether oxygens (including phenoxy) is 1. The van der Waals surface area contributed by atoms with Crippen molar-refractivity contribution in [1.82, 2.24) is 4.90 Å². The standard InChI is InChI=1S/C23H31Cl2NO3/c1-23-9-8-18-17-5-3-16(29-22(28)26(12-10-24)13-11-25)14-15(17)2-4-19(18)20(23)6-7-21(23)27/h3,5,14,18-21,27H,2,4,6-13H2,1H3/t18-,19-,20+,21+,23?/m1/s1. The summed E-state index contributed by atoms with van der Waals surface area (Å²) in [6.45, 7) is 3.15. The van der Waals surface area contributed by atoms with Crippen LogP contribution in [0.4, 0.5) is 4.79 Å². The molecular formula is C23H31Cl2NO3. The summed E-state index contributed by atoms with van der Waals surface area (Å²) in [5.41, 5.74) is 2.82. The van der Waals surface area contributed by atoms with Crippen LogP contribution in [0.25, 0.3) is 0 Å². The first-order valence-electron chi connectivity index (χ1n) is 10.9. The molecule has 3 aliphatic carbocycles. The van der Waals surface area contributed by atoms with Crippen molar-refractivity contribution in [2.45, 2.75) is 57.5 Å². The van der Waals surface area contributed by atoms with Gasteiger partial charge in [-0.05, 0) is 85.0 Å². The Bertz CT molecular complexity index is 752. The first kappa shape index (κ1) is 21.3. The van der Waals surface area contributed by atoms with Crippen molar-refractivity contribution in [2.75, 3.05) is 24.8 Å². The molecule has 0 aliphatic heterocycles. The maximum absolute atomic E-state index is 12.4. The Morgan fingerprint density at radius 1 is 1.21 bits per heavy atom. The molecule has 1 unspecified atom stereocenters. The van der Waals surface area contributed by atoms with E-state index in [-0.39, 0.29) is 11.5 Å². The molecule has 0 heterocycles. The van der Waals surface area contributed by atoms with E-state index in [1.54, 1.807) is 4.90 Å². The number of halogens is 2. The zero-order chi connectivity index (χ0) is 20.6. The first-order chi connectivity index (χ1) is 14.0. The van der Waals surface area contributed by atoms with Gasteiger partial charge in [0, 0.05) is 24.8 Å². The van der Waals surface area contributed by atoms with Crippen LogP contribution in [0.1, 0.15) is 56.1 Å². The van der Waals surface area contributed by atoms with E-state index in [1.807, 2.05) is 12.1 Å². The Balaban J connectivity index is 1.49. The quantitative estimate of drug-likeness (QED) is 0.642. The lowest BCUT2D eigenvalue weighted by Crippen LogP contribution is -2.43. The van der Waals surface area contributed by atoms with E-state index in [1.165, 1.54) is 11.1 Å². The van der Waals surface area contributed by atoms with Crippen LogP contribution in [0.3, 0.4) is 0 Å². The minimum Gasteiger partial charge on any atom is -0.410 e. The van der Waals surface area contributed by atoms with Crippen molar-refractivity contribution in [1.29, 1.82) is 0 Å². The van der Waals surface area contributed by atoms with Gasteiger partial charge in [0.15, 0.2) is 0 Å². The Hall–Kier alpha value is -0.970. The van der Waals surface area contributed by atoms with Crippen LogP contribution >= 0.6 is 23.2 Å². The van der Waals surface area contributed by atoms with E-state index in [2.05, 4.69) is 13.0 Å². The molecule has 160 valence electrons. The molecule has 2 saturated carbocycles. The lowest BCUT2D eigenvalue weighted by Gasteiger charge is -2.50. The Morgan fingerprint density at radius 3 is 2.69 bits per heavy atom. The van der Waals surface area contributed by atoms with Gasteiger partial charge in [-0.2, -0.15) is 0 Å². The Labute approximate surface area is 183 Å². The second-order valence-electron chi connectivity index (χ2n) is 9.15. The molecule has 2 fully saturated rings. The summed E-state index contributed by atoms with van der Waals surface area (Å²) < 4.78 is 5.62. The molecule has 4 rings (SSSR count). The largest absolute Gasteiger partial charge is 0.415 e. The zero-order valence-electron chi connectivity index (χ0n) is 17.1. The maximum atomic E-state index is 12.4. The van der Waals surface area contributed by atoms with Crippen molar-refractivity contribution in [2.24, 2.45) is 17.3 Å². The van der Waals surface area contributed by atoms with Gasteiger partial charge >= 0.3 is 6.09 Å². The lowest BCUT2D eigenvalue weighted by atomic mass is 9.55. The van der Waals surface area contributed by atoms with Gasteiger partial charge in [0.25, 0.3) is 0 Å². The van der Waals surface area contributed by atoms with E-state index in [9.17, 15) is 9.90 Å². The minimum atomic E-state index is -0.395. The number of rotatable bonds is 5. The van der Waals surface area contributed by atoms with Crippen LogP contribution in [0.15, 0.2) is 18.2 Å². The number of aliphatic hydroxyl groups is 1. The molecule has 0 aromatic heterocycles. The Kier molecular flexibility index (Phi) is 6.34. The SMILES string of the molecule is CC12CC[C@@H]3c4ccc(OC(=O)N(CCCl)CCCl)cc4CC[C@H]3[C@@H]1CC[C@@H]2O. The molecule has 3 aliphatic rings. The number of carbonyl (C=O) groups is 1. The fraction of sp³-hybridized carbons (Fsp3) is 0.696. The van der Waals surface area contributed by atoms with Crippen LogP contribution in [0, 0.1) is 17.3 Å². The minimum absolute atomic E-state index is 0.0996. The molecule has 5 atom stereocenters. The average Bonchev–Trinajstić information content (AvgIpc) is 3.02. The monoisotopic (exact) mass is 439 g/mol. The summed E-state index contributed by atoms with van der Waals surface area (Å²) in [5.74, 6) is 3.16. The number of benzene rings is 1. The lowest BCUT2D eigenvalue weighted by molar-refractivity contribution is -0.0226. The van der Waals surface area contributed by atoms with Crippen molar-refractivity contribution >= 4 is 29.3 Å². The normalized spacial score (nSPS) is 32.8. The van der Waals surface area contributed by atoms with Crippen LogP contribution < -0.4 is 4.74 Å². The summed E-state index contributed by atoms with van der Waals surface area (Å²) in [5, 5.41) is 10.5. The van der Waals surface area contributed by atoms with Gasteiger partial charge in [0.05, 0.1) is 6.10 Å². The van der Waals surface area contributed by atoms with Gasteiger partial charge in [-0.1, -0.05) is 13.0 Å². The molecule has 0 radical (unpaired) electrons. The highest BCUT2D eigenvalue weighted by atomic mass is 35.5. The molecule has 6 heteroatoms. The summed E-state index contributed by atoms with van der Waals surface area (Å²) >= 11 is 11.6. The number of fused-ring (bicyclic) bond motifs is 5. The second-order valence-corrected chi connectivity index (χ2v) is 9.90. The van der Waals surface area contributed by atoms with E-state index in [0.29, 0.717) is 48.4 Å². The number of alkyl halides is 2. The fourth-order valence-corrected chi connectivity index (χ4v) is 6.67. The third-order valence-corrected chi connectivity index (χ3v) is 8.16. The zero-order valence-corrected chi connectivity index (χ0v) is 18.6. The molecular weight excluding hydrogens is 409 g/mol. The first-order valence-corrected chi connectivity index (χ1v) is 11.9. The van der Waals surface area contributed by atoms with Gasteiger partial charge < -0.3 is 14.7 Å². The molecule has 0 spiro atoms. The van der Waals surface area contributed by atoms with Gasteiger partial charge in [0.1, 0.15) is 5.75 Å². The predicted octanol–water partition coefficient (Wildman–Crippen LogP) is 5.18. The molecule has 0 bridgehead atoms. The van der Waals surface area contributed by atoms with E-state index >= 15 is 0 Å². The van der Waals surface area contributed by atoms with Gasteiger partial charge in [-0.25, -0.2) is 4.79 Å². The van der Waals surface area contributed by atoms with E-state index in [0.717, 1.165) is 38.5 Å². The molecule has 29 heavy (non-hydrogen) atoms. The maximum Gasteiger partial charge on any atom is 0.415 e. The summed E-state index contributed by atoms with van der Waals surface area (Å²) in [4.78, 5) is 14.0. The van der Waals surface area contributed by atoms with Crippen molar-refractivity contribution in [3.05, 3.63) is 29.3 Å². The molecule has 1 aromatic carbocycles. The van der Waals surface area contributed by atoms with Crippen molar-refractivity contribution in [3.8, 4) is 5.75 Å². The average molecular weight is 440 g/mol. The third kappa shape index (κ3) is 3.88. The highest BCUT2D eigenvalue weighted by Crippen LogP contribution is 2.60. The summed E-state index contributed by atoms with van der Waals surface area (Å²) in [7, 11) is 0. The number of carbonyl (C=O) groups excluding carboxylic acids is 1. The topological polar surface area (TPSA) is 49.8 Å². The van der Waals surface area contributed by atoms with Crippen molar-refractivity contribution in [3.63, 3.8) is 0 Å². The molecule has 0 saturated heterocycles. The molecule has 1 aromatic rings. The van der Waals surface area contributed by atoms with Crippen LogP contribution in [-0.2, 0) is 6.42 Å². The molecule has 4 nitrogen and oxygen atoms in total. The van der Waals surface area contributed by atoms with Crippen LogP contribution in [-0.4, -0.2) is 47.1 Å². The van der Waals surface area contributed by atoms with Crippen LogP contribution in [0.5, 0.6) is 5.75 Å². The third-order valence-electron chi connectivity index (χ3n) is 7.82. The number of amides is 1. The number of aliphatic hydroxyl groups excluding tert-OH is 1. The summed E-state index contributed by atoms with van der Waals surface area (Å²) in [6, 6.07) is 6.13. The van der Waals surface area contributed by atoms with Gasteiger partial charge in [0.2, 0.25) is 0 Å².